The normalized spacial score (nSPS) is 10.3. The maximum absolute atomic E-state index is 14.1. The van der Waals surface area contributed by atoms with Gasteiger partial charge in [-0.3, -0.25) is 0 Å². The molecule has 5 heteroatoms. The Bertz CT molecular complexity index is 576. The number of aromatic nitrogens is 1. The molecule has 1 aromatic carbocycles. The van der Waals surface area contributed by atoms with E-state index in [0.29, 0.717) is 12.1 Å². The van der Waals surface area contributed by atoms with Crippen molar-refractivity contribution in [3.63, 3.8) is 0 Å². The Labute approximate surface area is 117 Å². The van der Waals surface area contributed by atoms with E-state index in [1.54, 1.807) is 20.2 Å². The smallest absolute Gasteiger partial charge is 0.251 e. The standard InChI is InChI=1S/C15H17FN2O2/c1-17-9-12-6-7-18-15(14(12)16)20-10-11-4-3-5-13(8-11)19-2/h3-8,17H,9-10H2,1-2H3. The molecule has 1 heterocycles. The number of halogens is 1. The zero-order valence-electron chi connectivity index (χ0n) is 11.5. The van der Waals surface area contributed by atoms with Crippen LogP contribution in [0.15, 0.2) is 36.5 Å². The molecule has 4 nitrogen and oxygen atoms in total. The summed E-state index contributed by atoms with van der Waals surface area (Å²) in [4.78, 5) is 3.92. The molecule has 20 heavy (non-hydrogen) atoms. The number of methoxy groups -OCH3 is 1. The van der Waals surface area contributed by atoms with Crippen molar-refractivity contribution in [2.75, 3.05) is 14.2 Å². The second kappa shape index (κ2) is 6.86. The third-order valence-electron chi connectivity index (χ3n) is 2.81. The van der Waals surface area contributed by atoms with Gasteiger partial charge in [0.05, 0.1) is 7.11 Å². The average molecular weight is 276 g/mol. The molecule has 0 amide bonds. The van der Waals surface area contributed by atoms with Gasteiger partial charge < -0.3 is 14.8 Å². The van der Waals surface area contributed by atoms with E-state index in [0.717, 1.165) is 11.3 Å². The van der Waals surface area contributed by atoms with E-state index in [4.69, 9.17) is 9.47 Å². The summed E-state index contributed by atoms with van der Waals surface area (Å²) < 4.78 is 24.6. The fourth-order valence-corrected chi connectivity index (χ4v) is 1.80. The zero-order chi connectivity index (χ0) is 14.4. The van der Waals surface area contributed by atoms with Gasteiger partial charge in [-0.05, 0) is 30.8 Å². The Hall–Kier alpha value is -2.14. The molecule has 0 radical (unpaired) electrons. The fraction of sp³-hybridized carbons (Fsp3) is 0.267. The van der Waals surface area contributed by atoms with E-state index in [9.17, 15) is 4.39 Å². The van der Waals surface area contributed by atoms with Gasteiger partial charge >= 0.3 is 0 Å². The Morgan fingerprint density at radius 3 is 2.90 bits per heavy atom. The molecule has 1 aromatic heterocycles. The number of rotatable bonds is 6. The molecule has 0 spiro atoms. The molecule has 0 unspecified atom stereocenters. The first-order chi connectivity index (χ1) is 9.74. The van der Waals surface area contributed by atoms with Gasteiger partial charge in [-0.15, -0.1) is 0 Å². The van der Waals surface area contributed by atoms with Gasteiger partial charge in [0, 0.05) is 18.3 Å². The lowest BCUT2D eigenvalue weighted by Crippen LogP contribution is -2.09. The van der Waals surface area contributed by atoms with Gasteiger partial charge in [0.25, 0.3) is 5.88 Å². The summed E-state index contributed by atoms with van der Waals surface area (Å²) in [5.41, 5.74) is 1.42. The minimum atomic E-state index is -0.426. The topological polar surface area (TPSA) is 43.4 Å². The van der Waals surface area contributed by atoms with Gasteiger partial charge in [-0.25, -0.2) is 9.37 Å². The van der Waals surface area contributed by atoms with Gasteiger partial charge in [-0.2, -0.15) is 0 Å². The summed E-state index contributed by atoms with van der Waals surface area (Å²) in [6.45, 7) is 0.675. The maximum Gasteiger partial charge on any atom is 0.251 e. The molecular formula is C15H17FN2O2. The lowest BCUT2D eigenvalue weighted by Gasteiger charge is -2.09. The van der Waals surface area contributed by atoms with Crippen LogP contribution in [-0.2, 0) is 13.2 Å². The highest BCUT2D eigenvalue weighted by molar-refractivity contribution is 5.29. The number of pyridine rings is 1. The molecule has 0 aliphatic heterocycles. The Kier molecular flexibility index (Phi) is 4.90. The van der Waals surface area contributed by atoms with Crippen LogP contribution in [0.25, 0.3) is 0 Å². The maximum atomic E-state index is 14.1. The van der Waals surface area contributed by atoms with E-state index in [2.05, 4.69) is 10.3 Å². The molecule has 0 atom stereocenters. The number of nitrogens with one attached hydrogen (secondary N) is 1. The number of hydrogen-bond acceptors (Lipinski definition) is 4. The van der Waals surface area contributed by atoms with Crippen LogP contribution in [0.2, 0.25) is 0 Å². The number of hydrogen-bond donors (Lipinski definition) is 1. The minimum absolute atomic E-state index is 0.0144. The highest BCUT2D eigenvalue weighted by atomic mass is 19.1. The van der Waals surface area contributed by atoms with Gasteiger partial charge in [0.2, 0.25) is 0 Å². The molecule has 106 valence electrons. The summed E-state index contributed by atoms with van der Waals surface area (Å²) in [5.74, 6) is 0.328. The van der Waals surface area contributed by atoms with E-state index in [1.165, 1.54) is 6.20 Å². The van der Waals surface area contributed by atoms with Crippen molar-refractivity contribution in [1.29, 1.82) is 0 Å². The van der Waals surface area contributed by atoms with Gasteiger partial charge in [-0.1, -0.05) is 12.1 Å². The molecular weight excluding hydrogens is 259 g/mol. The van der Waals surface area contributed by atoms with Crippen LogP contribution >= 0.6 is 0 Å². The van der Waals surface area contributed by atoms with Crippen LogP contribution in [0.3, 0.4) is 0 Å². The number of ether oxygens (including phenoxy) is 2. The quantitative estimate of drug-likeness (QED) is 0.880. The summed E-state index contributed by atoms with van der Waals surface area (Å²) in [6.07, 6.45) is 1.54. The highest BCUT2D eigenvalue weighted by Gasteiger charge is 2.10. The monoisotopic (exact) mass is 276 g/mol. The molecule has 0 saturated carbocycles. The van der Waals surface area contributed by atoms with Crippen molar-refractivity contribution in [3.8, 4) is 11.6 Å². The van der Waals surface area contributed by atoms with Crippen molar-refractivity contribution in [1.82, 2.24) is 10.3 Å². The van der Waals surface area contributed by atoms with Crippen LogP contribution < -0.4 is 14.8 Å². The van der Waals surface area contributed by atoms with Crippen LogP contribution in [0.1, 0.15) is 11.1 Å². The van der Waals surface area contributed by atoms with Gasteiger partial charge in [0.1, 0.15) is 12.4 Å². The molecule has 2 rings (SSSR count). The second-order valence-corrected chi connectivity index (χ2v) is 4.26. The Morgan fingerprint density at radius 1 is 1.30 bits per heavy atom. The minimum Gasteiger partial charge on any atom is -0.497 e. The zero-order valence-corrected chi connectivity index (χ0v) is 11.5. The van der Waals surface area contributed by atoms with E-state index >= 15 is 0 Å². The average Bonchev–Trinajstić information content (AvgIpc) is 2.48. The summed E-state index contributed by atoms with van der Waals surface area (Å²) in [6, 6.07) is 9.06. The van der Waals surface area contributed by atoms with E-state index in [1.807, 2.05) is 24.3 Å². The third kappa shape index (κ3) is 3.45. The number of benzene rings is 1. The van der Waals surface area contributed by atoms with Crippen LogP contribution in [0, 0.1) is 5.82 Å². The van der Waals surface area contributed by atoms with Crippen molar-refractivity contribution >= 4 is 0 Å². The summed E-state index contributed by atoms with van der Waals surface area (Å²) >= 11 is 0. The van der Waals surface area contributed by atoms with Crippen molar-refractivity contribution < 1.29 is 13.9 Å². The first-order valence-corrected chi connectivity index (χ1v) is 6.28. The predicted molar refractivity (Wildman–Crippen MR) is 74.3 cm³/mol. The second-order valence-electron chi connectivity index (χ2n) is 4.26. The Morgan fingerprint density at radius 2 is 2.15 bits per heavy atom. The lowest BCUT2D eigenvalue weighted by atomic mass is 10.2. The summed E-state index contributed by atoms with van der Waals surface area (Å²) in [7, 11) is 3.36. The molecule has 0 saturated heterocycles. The van der Waals surface area contributed by atoms with Crippen molar-refractivity contribution in [2.45, 2.75) is 13.2 Å². The predicted octanol–water partition coefficient (Wildman–Crippen LogP) is 2.53. The van der Waals surface area contributed by atoms with Crippen LogP contribution in [0.5, 0.6) is 11.6 Å². The van der Waals surface area contributed by atoms with E-state index < -0.39 is 5.82 Å². The molecule has 0 bridgehead atoms. The van der Waals surface area contributed by atoms with Crippen LogP contribution in [0.4, 0.5) is 4.39 Å². The molecule has 0 aliphatic carbocycles. The first-order valence-electron chi connectivity index (χ1n) is 6.28. The van der Waals surface area contributed by atoms with E-state index in [-0.39, 0.29) is 12.5 Å². The first kappa shape index (κ1) is 14.3. The molecule has 0 aliphatic rings. The number of nitrogens with zero attached hydrogens (tertiary/aromatic N) is 1. The van der Waals surface area contributed by atoms with Crippen LogP contribution in [-0.4, -0.2) is 19.1 Å². The Balaban J connectivity index is 2.08. The lowest BCUT2D eigenvalue weighted by molar-refractivity contribution is 0.275. The third-order valence-corrected chi connectivity index (χ3v) is 2.81. The SMILES string of the molecule is CNCc1ccnc(OCc2cccc(OC)c2)c1F. The summed E-state index contributed by atoms with van der Waals surface area (Å²) in [5, 5.41) is 2.90. The largest absolute Gasteiger partial charge is 0.497 e. The van der Waals surface area contributed by atoms with Crippen molar-refractivity contribution in [3.05, 3.63) is 53.5 Å². The molecule has 2 aromatic rings. The van der Waals surface area contributed by atoms with Crippen molar-refractivity contribution in [2.24, 2.45) is 0 Å². The highest BCUT2D eigenvalue weighted by Crippen LogP contribution is 2.19. The van der Waals surface area contributed by atoms with Gasteiger partial charge in [0.15, 0.2) is 5.82 Å². The molecule has 1 N–H and O–H groups in total. The fourth-order valence-electron chi connectivity index (χ4n) is 1.80. The molecule has 0 fully saturated rings.